The van der Waals surface area contributed by atoms with E-state index in [0.29, 0.717) is 0 Å². The topological polar surface area (TPSA) is 28.7 Å². The van der Waals surface area contributed by atoms with E-state index in [-0.39, 0.29) is 5.82 Å². The molecule has 0 saturated heterocycles. The Kier molecular flexibility index (Phi) is 2.31. The number of hydrogen-bond donors (Lipinski definition) is 1. The Morgan fingerprint density at radius 2 is 1.92 bits per heavy atom. The molecular weight excluding hydrogens is 187 g/mol. The van der Waals surface area contributed by atoms with Crippen molar-refractivity contribution in [3.8, 4) is 0 Å². The van der Waals surface area contributed by atoms with E-state index in [0.717, 1.165) is 9.92 Å². The van der Waals surface area contributed by atoms with Crippen LogP contribution in [0.15, 0.2) is 46.5 Å². The number of rotatable bonds is 2. The Morgan fingerprint density at radius 1 is 1.15 bits per heavy atom. The minimum atomic E-state index is -0.216. The Morgan fingerprint density at radius 3 is 2.54 bits per heavy atom. The number of halogens is 1. The fourth-order valence-corrected chi connectivity index (χ4v) is 1.68. The molecule has 1 aromatic heterocycles. The standard InChI is InChI=1S/C9H7FN2S/c10-7-1-3-8(4-2-7)13-9-5-6-11-12-9/h1-6H,(H,11,12). The van der Waals surface area contributed by atoms with Crippen molar-refractivity contribution in [3.05, 3.63) is 42.3 Å². The average molecular weight is 194 g/mol. The van der Waals surface area contributed by atoms with E-state index in [1.807, 2.05) is 6.07 Å². The highest BCUT2D eigenvalue weighted by atomic mass is 32.2. The number of aromatic amines is 1. The number of nitrogens with zero attached hydrogens (tertiary/aromatic N) is 1. The van der Waals surface area contributed by atoms with E-state index in [1.54, 1.807) is 18.3 Å². The summed E-state index contributed by atoms with van der Waals surface area (Å²) in [6.45, 7) is 0. The highest BCUT2D eigenvalue weighted by molar-refractivity contribution is 7.99. The molecule has 1 aromatic carbocycles. The van der Waals surface area contributed by atoms with Crippen molar-refractivity contribution in [3.63, 3.8) is 0 Å². The number of nitrogens with one attached hydrogen (secondary N) is 1. The quantitative estimate of drug-likeness (QED) is 0.796. The van der Waals surface area contributed by atoms with Crippen LogP contribution in [0.2, 0.25) is 0 Å². The van der Waals surface area contributed by atoms with Gasteiger partial charge in [0.25, 0.3) is 0 Å². The van der Waals surface area contributed by atoms with E-state index < -0.39 is 0 Å². The molecule has 4 heteroatoms. The summed E-state index contributed by atoms with van der Waals surface area (Å²) in [5, 5.41) is 7.58. The summed E-state index contributed by atoms with van der Waals surface area (Å²) < 4.78 is 12.5. The molecule has 0 aliphatic carbocycles. The maximum absolute atomic E-state index is 12.5. The van der Waals surface area contributed by atoms with Crippen LogP contribution in [-0.2, 0) is 0 Å². The van der Waals surface area contributed by atoms with Crippen molar-refractivity contribution in [1.82, 2.24) is 10.2 Å². The van der Waals surface area contributed by atoms with Crippen LogP contribution < -0.4 is 0 Å². The highest BCUT2D eigenvalue weighted by Crippen LogP contribution is 2.25. The van der Waals surface area contributed by atoms with Gasteiger partial charge in [0.05, 0.1) is 0 Å². The predicted molar refractivity (Wildman–Crippen MR) is 49.1 cm³/mol. The summed E-state index contributed by atoms with van der Waals surface area (Å²) in [6, 6.07) is 8.21. The number of benzene rings is 1. The van der Waals surface area contributed by atoms with Gasteiger partial charge in [-0.1, -0.05) is 11.8 Å². The van der Waals surface area contributed by atoms with E-state index in [2.05, 4.69) is 10.2 Å². The maximum Gasteiger partial charge on any atom is 0.123 e. The van der Waals surface area contributed by atoms with Gasteiger partial charge < -0.3 is 0 Å². The van der Waals surface area contributed by atoms with Crippen LogP contribution in [0.3, 0.4) is 0 Å². The first kappa shape index (κ1) is 8.31. The van der Waals surface area contributed by atoms with Gasteiger partial charge in [-0.25, -0.2) is 4.39 Å². The van der Waals surface area contributed by atoms with E-state index >= 15 is 0 Å². The van der Waals surface area contributed by atoms with Crippen molar-refractivity contribution in [2.45, 2.75) is 9.92 Å². The fraction of sp³-hybridized carbons (Fsp3) is 0. The lowest BCUT2D eigenvalue weighted by molar-refractivity contribution is 0.626. The molecular formula is C9H7FN2S. The van der Waals surface area contributed by atoms with Gasteiger partial charge in [0.2, 0.25) is 0 Å². The van der Waals surface area contributed by atoms with Crippen LogP contribution in [0.5, 0.6) is 0 Å². The number of H-pyrrole nitrogens is 1. The Hall–Kier alpha value is -1.29. The summed E-state index contributed by atoms with van der Waals surface area (Å²) in [6.07, 6.45) is 1.76. The van der Waals surface area contributed by atoms with Gasteiger partial charge in [0, 0.05) is 11.1 Å². The third kappa shape index (κ3) is 2.09. The first-order valence-corrected chi connectivity index (χ1v) is 4.59. The van der Waals surface area contributed by atoms with Crippen molar-refractivity contribution in [2.24, 2.45) is 0 Å². The lowest BCUT2D eigenvalue weighted by atomic mass is 10.4. The van der Waals surface area contributed by atoms with Crippen LogP contribution in [0.1, 0.15) is 0 Å². The molecule has 66 valence electrons. The molecule has 2 nitrogen and oxygen atoms in total. The molecule has 2 rings (SSSR count). The first-order chi connectivity index (χ1) is 6.34. The lowest BCUT2D eigenvalue weighted by Gasteiger charge is -1.95. The second-order valence-corrected chi connectivity index (χ2v) is 3.56. The third-order valence-corrected chi connectivity index (χ3v) is 2.46. The molecule has 0 atom stereocenters. The summed E-state index contributed by atoms with van der Waals surface area (Å²) in [5.41, 5.74) is 0. The third-order valence-electron chi connectivity index (χ3n) is 1.51. The van der Waals surface area contributed by atoms with E-state index in [1.165, 1.54) is 23.9 Å². The summed E-state index contributed by atoms with van der Waals surface area (Å²) in [5.74, 6) is -0.216. The lowest BCUT2D eigenvalue weighted by Crippen LogP contribution is -1.75. The van der Waals surface area contributed by atoms with Gasteiger partial charge in [0.1, 0.15) is 10.8 Å². The molecule has 0 aliphatic heterocycles. The highest BCUT2D eigenvalue weighted by Gasteiger charge is 1.98. The van der Waals surface area contributed by atoms with Gasteiger partial charge in [0.15, 0.2) is 0 Å². The van der Waals surface area contributed by atoms with Gasteiger partial charge >= 0.3 is 0 Å². The van der Waals surface area contributed by atoms with Crippen molar-refractivity contribution in [2.75, 3.05) is 0 Å². The zero-order chi connectivity index (χ0) is 9.10. The summed E-state index contributed by atoms with van der Waals surface area (Å²) in [4.78, 5) is 0.980. The zero-order valence-corrected chi connectivity index (χ0v) is 7.51. The van der Waals surface area contributed by atoms with E-state index in [9.17, 15) is 4.39 Å². The molecule has 0 radical (unpaired) electrons. The SMILES string of the molecule is Fc1ccc(Sc2cc[nH]n2)cc1. The molecule has 0 aliphatic rings. The Labute approximate surface area is 79.2 Å². The molecule has 13 heavy (non-hydrogen) atoms. The summed E-state index contributed by atoms with van der Waals surface area (Å²) in [7, 11) is 0. The molecule has 1 N–H and O–H groups in total. The Balaban J connectivity index is 2.15. The van der Waals surface area contributed by atoms with Crippen molar-refractivity contribution >= 4 is 11.8 Å². The van der Waals surface area contributed by atoms with Gasteiger partial charge in [-0.3, -0.25) is 5.10 Å². The monoisotopic (exact) mass is 194 g/mol. The van der Waals surface area contributed by atoms with Crippen molar-refractivity contribution < 1.29 is 4.39 Å². The van der Waals surface area contributed by atoms with Gasteiger partial charge in [-0.2, -0.15) is 5.10 Å². The smallest absolute Gasteiger partial charge is 0.123 e. The largest absolute Gasteiger partial charge is 0.285 e. The minimum absolute atomic E-state index is 0.216. The molecule has 2 aromatic rings. The average Bonchev–Trinajstić information content (AvgIpc) is 2.62. The second kappa shape index (κ2) is 3.62. The molecule has 0 saturated carbocycles. The number of hydrogen-bond acceptors (Lipinski definition) is 2. The van der Waals surface area contributed by atoms with E-state index in [4.69, 9.17) is 0 Å². The molecule has 0 spiro atoms. The normalized spacial score (nSPS) is 10.2. The van der Waals surface area contributed by atoms with Gasteiger partial charge in [-0.15, -0.1) is 0 Å². The van der Waals surface area contributed by atoms with Crippen LogP contribution >= 0.6 is 11.8 Å². The minimum Gasteiger partial charge on any atom is -0.285 e. The molecule has 1 heterocycles. The summed E-state index contributed by atoms with van der Waals surface area (Å²) >= 11 is 1.49. The van der Waals surface area contributed by atoms with Crippen LogP contribution in [0, 0.1) is 5.82 Å². The molecule has 0 bridgehead atoms. The fourth-order valence-electron chi connectivity index (χ4n) is 0.927. The van der Waals surface area contributed by atoms with Gasteiger partial charge in [-0.05, 0) is 30.3 Å². The van der Waals surface area contributed by atoms with Crippen LogP contribution in [-0.4, -0.2) is 10.2 Å². The second-order valence-electron chi connectivity index (χ2n) is 2.47. The molecule has 0 amide bonds. The maximum atomic E-state index is 12.5. The molecule has 0 unspecified atom stereocenters. The van der Waals surface area contributed by atoms with Crippen LogP contribution in [0.4, 0.5) is 4.39 Å². The van der Waals surface area contributed by atoms with Crippen molar-refractivity contribution in [1.29, 1.82) is 0 Å². The Bertz CT molecular complexity index is 369. The zero-order valence-electron chi connectivity index (χ0n) is 6.70. The molecule has 0 fully saturated rings. The van der Waals surface area contributed by atoms with Crippen LogP contribution in [0.25, 0.3) is 0 Å². The number of aromatic nitrogens is 2. The first-order valence-electron chi connectivity index (χ1n) is 3.78. The predicted octanol–water partition coefficient (Wildman–Crippen LogP) is 2.70.